The van der Waals surface area contributed by atoms with Gasteiger partial charge in [0.25, 0.3) is 0 Å². The Morgan fingerprint density at radius 3 is 1.43 bits per heavy atom. The first-order valence-electron chi connectivity index (χ1n) is 9.44. The van der Waals surface area contributed by atoms with Crippen LogP contribution in [-0.2, 0) is 0 Å². The number of hydrogen-bond donors (Lipinski definition) is 4. The predicted octanol–water partition coefficient (Wildman–Crippen LogP) is 1.92. The predicted molar refractivity (Wildman–Crippen MR) is 94.5 cm³/mol. The van der Waals surface area contributed by atoms with E-state index in [2.05, 4.69) is 6.92 Å². The molecule has 0 aromatic rings. The van der Waals surface area contributed by atoms with Crippen LogP contribution in [0.1, 0.15) is 71.1 Å². The molecule has 0 aromatic carbocycles. The topological polar surface area (TPSA) is 84.2 Å². The van der Waals surface area contributed by atoms with Crippen molar-refractivity contribution >= 4 is 0 Å². The van der Waals surface area contributed by atoms with Crippen LogP contribution in [0, 0.1) is 0 Å². The second-order valence-electron chi connectivity index (χ2n) is 6.61. The normalized spacial score (nSPS) is 14.3. The number of aliphatic hydroxyl groups excluding tert-OH is 4. The zero-order valence-corrected chi connectivity index (χ0v) is 15.0. The first-order chi connectivity index (χ1) is 11.1. The maximum Gasteiger partial charge on any atom is 0.0897 e. The molecule has 0 spiro atoms. The van der Waals surface area contributed by atoms with Crippen molar-refractivity contribution in [3.8, 4) is 0 Å². The summed E-state index contributed by atoms with van der Waals surface area (Å²) in [5, 5.41) is 36.9. The Morgan fingerprint density at radius 1 is 0.652 bits per heavy atom. The highest BCUT2D eigenvalue weighted by molar-refractivity contribution is 4.68. The van der Waals surface area contributed by atoms with Crippen molar-refractivity contribution in [2.45, 2.75) is 83.3 Å². The van der Waals surface area contributed by atoms with Gasteiger partial charge >= 0.3 is 0 Å². The third-order valence-corrected chi connectivity index (χ3v) is 4.19. The summed E-state index contributed by atoms with van der Waals surface area (Å²) in [7, 11) is 0. The average molecular weight is 334 g/mol. The van der Waals surface area contributed by atoms with Gasteiger partial charge in [0.15, 0.2) is 0 Å². The van der Waals surface area contributed by atoms with Crippen LogP contribution < -0.4 is 0 Å². The van der Waals surface area contributed by atoms with E-state index in [9.17, 15) is 10.2 Å². The third kappa shape index (κ3) is 15.1. The lowest BCUT2D eigenvalue weighted by Crippen LogP contribution is -2.40. The van der Waals surface area contributed by atoms with Crippen molar-refractivity contribution in [2.24, 2.45) is 0 Å². The summed E-state index contributed by atoms with van der Waals surface area (Å²) in [6.07, 6.45) is 11.2. The summed E-state index contributed by atoms with van der Waals surface area (Å²) < 4.78 is 0. The van der Waals surface area contributed by atoms with Crippen LogP contribution in [0.15, 0.2) is 0 Å². The molecule has 140 valence electrons. The minimum Gasteiger partial charge on any atom is -0.394 e. The summed E-state index contributed by atoms with van der Waals surface area (Å²) in [6.45, 7) is 3.15. The Labute approximate surface area is 142 Å². The van der Waals surface area contributed by atoms with Gasteiger partial charge in [0.1, 0.15) is 0 Å². The molecule has 0 saturated heterocycles. The van der Waals surface area contributed by atoms with Crippen molar-refractivity contribution in [1.29, 1.82) is 0 Å². The van der Waals surface area contributed by atoms with E-state index in [1.54, 1.807) is 0 Å². The second kappa shape index (κ2) is 16.7. The molecule has 0 aliphatic carbocycles. The largest absolute Gasteiger partial charge is 0.394 e. The maximum absolute atomic E-state index is 9.54. The lowest BCUT2D eigenvalue weighted by molar-refractivity contribution is 0.0228. The summed E-state index contributed by atoms with van der Waals surface area (Å²) in [5.74, 6) is 0. The SMILES string of the molecule is CCCCCCCCCCCCN(C[C@H](O)CO)C[C@@H](O)CO. The van der Waals surface area contributed by atoms with Crippen LogP contribution in [0.5, 0.6) is 0 Å². The van der Waals surface area contributed by atoms with Crippen LogP contribution in [-0.4, -0.2) is 70.4 Å². The van der Waals surface area contributed by atoms with Crippen LogP contribution in [0.25, 0.3) is 0 Å². The minimum atomic E-state index is -0.788. The van der Waals surface area contributed by atoms with Gasteiger partial charge in [-0.15, -0.1) is 0 Å². The van der Waals surface area contributed by atoms with Crippen molar-refractivity contribution < 1.29 is 20.4 Å². The molecule has 5 heteroatoms. The van der Waals surface area contributed by atoms with Gasteiger partial charge in [0.2, 0.25) is 0 Å². The smallest absolute Gasteiger partial charge is 0.0897 e. The quantitative estimate of drug-likeness (QED) is 0.306. The second-order valence-corrected chi connectivity index (χ2v) is 6.61. The molecule has 0 saturated carbocycles. The summed E-state index contributed by atoms with van der Waals surface area (Å²) in [6, 6.07) is 0. The Balaban J connectivity index is 3.65. The fourth-order valence-corrected chi connectivity index (χ4v) is 2.79. The molecule has 0 aliphatic rings. The van der Waals surface area contributed by atoms with Gasteiger partial charge in [-0.3, -0.25) is 4.90 Å². The molecule has 0 amide bonds. The molecule has 0 fully saturated rings. The van der Waals surface area contributed by atoms with Gasteiger partial charge in [0, 0.05) is 13.1 Å². The number of nitrogens with zero attached hydrogens (tertiary/aromatic N) is 1. The van der Waals surface area contributed by atoms with E-state index in [1.807, 2.05) is 4.90 Å². The molecular formula is C18H39NO4. The first-order valence-corrected chi connectivity index (χ1v) is 9.44. The van der Waals surface area contributed by atoms with E-state index < -0.39 is 12.2 Å². The summed E-state index contributed by atoms with van der Waals surface area (Å²) in [5.41, 5.74) is 0. The van der Waals surface area contributed by atoms with Crippen molar-refractivity contribution in [1.82, 2.24) is 4.90 Å². The van der Waals surface area contributed by atoms with Crippen molar-refractivity contribution in [2.75, 3.05) is 32.8 Å². The van der Waals surface area contributed by atoms with Crippen LogP contribution in [0.2, 0.25) is 0 Å². The first kappa shape index (κ1) is 22.8. The lowest BCUT2D eigenvalue weighted by atomic mass is 10.1. The van der Waals surface area contributed by atoms with Gasteiger partial charge in [-0.2, -0.15) is 0 Å². The van der Waals surface area contributed by atoms with Crippen LogP contribution in [0.3, 0.4) is 0 Å². The molecule has 0 radical (unpaired) electrons. The average Bonchev–Trinajstić information content (AvgIpc) is 2.55. The number of rotatable bonds is 17. The molecule has 2 atom stereocenters. The Hall–Kier alpha value is -0.200. The number of hydrogen-bond acceptors (Lipinski definition) is 5. The highest BCUT2D eigenvalue weighted by atomic mass is 16.3. The van der Waals surface area contributed by atoms with E-state index in [0.717, 1.165) is 19.4 Å². The van der Waals surface area contributed by atoms with Gasteiger partial charge in [-0.05, 0) is 13.0 Å². The zero-order chi connectivity index (χ0) is 17.3. The Kier molecular flexibility index (Phi) is 16.5. The summed E-state index contributed by atoms with van der Waals surface area (Å²) >= 11 is 0. The zero-order valence-electron chi connectivity index (χ0n) is 15.0. The molecule has 5 nitrogen and oxygen atoms in total. The molecule has 0 aliphatic heterocycles. The van der Waals surface area contributed by atoms with Gasteiger partial charge < -0.3 is 20.4 Å². The molecular weight excluding hydrogens is 294 g/mol. The molecule has 0 rings (SSSR count). The van der Waals surface area contributed by atoms with E-state index in [1.165, 1.54) is 51.4 Å². The molecule has 4 N–H and O–H groups in total. The van der Waals surface area contributed by atoms with Gasteiger partial charge in [-0.1, -0.05) is 64.7 Å². The highest BCUT2D eigenvalue weighted by Crippen LogP contribution is 2.11. The third-order valence-electron chi connectivity index (χ3n) is 4.19. The van der Waals surface area contributed by atoms with Crippen molar-refractivity contribution in [3.05, 3.63) is 0 Å². The van der Waals surface area contributed by atoms with E-state index in [4.69, 9.17) is 10.2 Å². The summed E-state index contributed by atoms with van der Waals surface area (Å²) in [4.78, 5) is 1.92. The minimum absolute atomic E-state index is 0.274. The van der Waals surface area contributed by atoms with Gasteiger partial charge in [0.05, 0.1) is 25.4 Å². The fraction of sp³-hybridized carbons (Fsp3) is 1.00. The standard InChI is InChI=1S/C18H39NO4/c1-2-3-4-5-6-7-8-9-10-11-12-19(13-17(22)15-20)14-18(23)16-21/h17-18,20-23H,2-16H2,1H3/t17-,18+. The molecule has 0 heterocycles. The fourth-order valence-electron chi connectivity index (χ4n) is 2.79. The maximum atomic E-state index is 9.54. The monoisotopic (exact) mass is 333 g/mol. The van der Waals surface area contributed by atoms with Crippen molar-refractivity contribution in [3.63, 3.8) is 0 Å². The Morgan fingerprint density at radius 2 is 1.04 bits per heavy atom. The molecule has 0 aromatic heterocycles. The lowest BCUT2D eigenvalue weighted by Gasteiger charge is -2.26. The van der Waals surface area contributed by atoms with Gasteiger partial charge in [-0.25, -0.2) is 0 Å². The van der Waals surface area contributed by atoms with E-state index in [-0.39, 0.29) is 13.2 Å². The van der Waals surface area contributed by atoms with Crippen LogP contribution in [0.4, 0.5) is 0 Å². The molecule has 0 unspecified atom stereocenters. The van der Waals surface area contributed by atoms with E-state index >= 15 is 0 Å². The molecule has 0 bridgehead atoms. The van der Waals surface area contributed by atoms with Crippen LogP contribution >= 0.6 is 0 Å². The number of aliphatic hydroxyl groups is 4. The Bertz CT molecular complexity index is 229. The molecule has 23 heavy (non-hydrogen) atoms. The number of unbranched alkanes of at least 4 members (excludes halogenated alkanes) is 9. The highest BCUT2D eigenvalue weighted by Gasteiger charge is 2.14. The van der Waals surface area contributed by atoms with E-state index in [0.29, 0.717) is 13.1 Å².